The molecular weight excluding hydrogens is 436 g/mol. The number of likely N-dealkylation sites (tertiary alicyclic amines) is 1. The molecule has 6 nitrogen and oxygen atoms in total. The van der Waals surface area contributed by atoms with E-state index in [0.29, 0.717) is 18.9 Å². The minimum absolute atomic E-state index is 0.0131. The molecule has 1 fully saturated rings. The van der Waals surface area contributed by atoms with Crippen molar-refractivity contribution in [2.75, 3.05) is 20.2 Å². The highest BCUT2D eigenvalue weighted by molar-refractivity contribution is 5.82. The van der Waals surface area contributed by atoms with E-state index in [4.69, 9.17) is 9.72 Å². The number of ether oxygens (including phenoxy) is 1. The zero-order valence-electron chi connectivity index (χ0n) is 19.7. The fraction of sp³-hybridized carbons (Fsp3) is 0.241. The highest BCUT2D eigenvalue weighted by Gasteiger charge is 2.31. The van der Waals surface area contributed by atoms with Crippen LogP contribution >= 0.6 is 0 Å². The second kappa shape index (κ2) is 10.6. The van der Waals surface area contributed by atoms with Crippen molar-refractivity contribution in [2.24, 2.45) is 0 Å². The Morgan fingerprint density at radius 2 is 1.60 bits per heavy atom. The number of hydrogen-bond donors (Lipinski definition) is 0. The van der Waals surface area contributed by atoms with Gasteiger partial charge in [0.1, 0.15) is 0 Å². The molecule has 0 bridgehead atoms. The van der Waals surface area contributed by atoms with E-state index in [-0.39, 0.29) is 11.8 Å². The van der Waals surface area contributed by atoms with Crippen LogP contribution in [0.5, 0.6) is 0 Å². The maximum atomic E-state index is 13.3. The van der Waals surface area contributed by atoms with Gasteiger partial charge in [-0.05, 0) is 36.1 Å². The Balaban J connectivity index is 1.40. The minimum Gasteiger partial charge on any atom is -0.367 e. The first-order valence-corrected chi connectivity index (χ1v) is 11.9. The monoisotopic (exact) mass is 464 g/mol. The van der Waals surface area contributed by atoms with Gasteiger partial charge in [-0.15, -0.1) is 0 Å². The van der Waals surface area contributed by atoms with E-state index >= 15 is 0 Å². The number of methoxy groups -OCH3 is 1. The highest BCUT2D eigenvalue weighted by atomic mass is 16.5. The van der Waals surface area contributed by atoms with Gasteiger partial charge >= 0.3 is 0 Å². The molecule has 0 saturated carbocycles. The first-order chi connectivity index (χ1) is 17.2. The van der Waals surface area contributed by atoms with Gasteiger partial charge in [0, 0.05) is 55.8 Å². The zero-order chi connectivity index (χ0) is 24.0. The van der Waals surface area contributed by atoms with Gasteiger partial charge in [0.2, 0.25) is 0 Å². The number of benzene rings is 2. The van der Waals surface area contributed by atoms with Gasteiger partial charge in [-0.2, -0.15) is 0 Å². The molecule has 176 valence electrons. The lowest BCUT2D eigenvalue weighted by molar-refractivity contribution is -0.143. The Morgan fingerprint density at radius 1 is 0.914 bits per heavy atom. The summed E-state index contributed by atoms with van der Waals surface area (Å²) in [6.45, 7) is 1.33. The van der Waals surface area contributed by atoms with Crippen LogP contribution in [0.2, 0.25) is 0 Å². The number of amides is 1. The van der Waals surface area contributed by atoms with Gasteiger partial charge < -0.3 is 9.64 Å². The summed E-state index contributed by atoms with van der Waals surface area (Å²) in [4.78, 5) is 29.1. The van der Waals surface area contributed by atoms with Gasteiger partial charge in [0.25, 0.3) is 5.91 Å². The summed E-state index contributed by atoms with van der Waals surface area (Å²) in [5.41, 5.74) is 4.95. The molecule has 1 saturated heterocycles. The summed E-state index contributed by atoms with van der Waals surface area (Å²) in [7, 11) is 1.59. The van der Waals surface area contributed by atoms with E-state index in [9.17, 15) is 4.79 Å². The van der Waals surface area contributed by atoms with E-state index in [1.807, 2.05) is 71.8 Å². The maximum Gasteiger partial charge on any atom is 0.256 e. The quantitative estimate of drug-likeness (QED) is 0.387. The Hall–Kier alpha value is -3.90. The lowest BCUT2D eigenvalue weighted by Gasteiger charge is -2.34. The van der Waals surface area contributed by atoms with E-state index in [2.05, 4.69) is 22.1 Å². The number of nitrogens with zero attached hydrogens (tertiary/aromatic N) is 4. The Bertz CT molecular complexity index is 1260. The average molecular weight is 465 g/mol. The molecule has 0 N–H and O–H groups in total. The van der Waals surface area contributed by atoms with Gasteiger partial charge in [-0.1, -0.05) is 60.7 Å². The number of piperidine rings is 1. The molecule has 6 heteroatoms. The standard InChI is InChI=1S/C29H28N4O2/c1-35-27(23-11-6-3-7-12-23)29(34)33-17-14-22(15-18-33)26-25(21-9-4-2-5-10-21)20-31-28(32-26)24-13-8-16-30-19-24/h2-13,16,19-20,22,27H,14-15,17-18H2,1H3/t27-/m0/s1. The van der Waals surface area contributed by atoms with Gasteiger partial charge in [0.05, 0.1) is 5.69 Å². The van der Waals surface area contributed by atoms with Crippen molar-refractivity contribution in [2.45, 2.75) is 24.9 Å². The zero-order valence-corrected chi connectivity index (χ0v) is 19.7. The van der Waals surface area contributed by atoms with E-state index < -0.39 is 6.10 Å². The van der Waals surface area contributed by atoms with E-state index in [1.54, 1.807) is 19.5 Å². The molecule has 4 aromatic rings. The molecular formula is C29H28N4O2. The number of pyridine rings is 1. The fourth-order valence-electron chi connectivity index (χ4n) is 4.73. The largest absolute Gasteiger partial charge is 0.367 e. The normalized spacial score (nSPS) is 15.1. The van der Waals surface area contributed by atoms with Crippen LogP contribution in [0.1, 0.15) is 36.1 Å². The van der Waals surface area contributed by atoms with Gasteiger partial charge in [0.15, 0.2) is 11.9 Å². The maximum absolute atomic E-state index is 13.3. The van der Waals surface area contributed by atoms with Gasteiger partial charge in [-0.3, -0.25) is 9.78 Å². The van der Waals surface area contributed by atoms with Crippen molar-refractivity contribution >= 4 is 5.91 Å². The lowest BCUT2D eigenvalue weighted by Crippen LogP contribution is -2.41. The van der Waals surface area contributed by atoms with Crippen LogP contribution in [0.3, 0.4) is 0 Å². The number of aromatic nitrogens is 3. The van der Waals surface area contributed by atoms with Crippen molar-refractivity contribution in [3.63, 3.8) is 0 Å². The topological polar surface area (TPSA) is 68.2 Å². The first kappa shape index (κ1) is 22.9. The van der Waals surface area contributed by atoms with Crippen LogP contribution in [-0.2, 0) is 9.53 Å². The minimum atomic E-state index is -0.580. The molecule has 3 heterocycles. The van der Waals surface area contributed by atoms with Crippen molar-refractivity contribution in [1.29, 1.82) is 0 Å². The molecule has 2 aromatic carbocycles. The Morgan fingerprint density at radius 3 is 2.26 bits per heavy atom. The van der Waals surface area contributed by atoms with Crippen LogP contribution in [-0.4, -0.2) is 46.0 Å². The summed E-state index contributed by atoms with van der Waals surface area (Å²) in [6, 6.07) is 23.8. The molecule has 1 atom stereocenters. The Kier molecular flexibility index (Phi) is 6.91. The summed E-state index contributed by atoms with van der Waals surface area (Å²) in [5, 5.41) is 0. The van der Waals surface area contributed by atoms with E-state index in [1.165, 1.54) is 0 Å². The molecule has 1 aliphatic heterocycles. The second-order valence-electron chi connectivity index (χ2n) is 8.73. The first-order valence-electron chi connectivity index (χ1n) is 11.9. The van der Waals surface area contributed by atoms with Crippen LogP contribution in [0.25, 0.3) is 22.5 Å². The third kappa shape index (κ3) is 4.98. The smallest absolute Gasteiger partial charge is 0.256 e. The SMILES string of the molecule is CO[C@H](C(=O)N1CCC(c2nc(-c3cccnc3)ncc2-c2ccccc2)CC1)c1ccccc1. The number of hydrogen-bond acceptors (Lipinski definition) is 5. The molecule has 0 spiro atoms. The lowest BCUT2D eigenvalue weighted by atomic mass is 9.88. The third-order valence-corrected chi connectivity index (χ3v) is 6.58. The molecule has 0 unspecified atom stereocenters. The molecule has 5 rings (SSSR count). The molecule has 0 radical (unpaired) electrons. The van der Waals surface area contributed by atoms with Crippen LogP contribution in [0, 0.1) is 0 Å². The molecule has 0 aliphatic carbocycles. The second-order valence-corrected chi connectivity index (χ2v) is 8.73. The summed E-state index contributed by atoms with van der Waals surface area (Å²) in [5.74, 6) is 0.916. The van der Waals surface area contributed by atoms with Crippen molar-refractivity contribution in [3.8, 4) is 22.5 Å². The molecule has 1 amide bonds. The average Bonchev–Trinajstić information content (AvgIpc) is 2.95. The van der Waals surface area contributed by atoms with Crippen LogP contribution in [0.4, 0.5) is 0 Å². The third-order valence-electron chi connectivity index (χ3n) is 6.58. The number of rotatable bonds is 6. The molecule has 2 aromatic heterocycles. The summed E-state index contributed by atoms with van der Waals surface area (Å²) < 4.78 is 5.59. The van der Waals surface area contributed by atoms with Crippen LogP contribution < -0.4 is 0 Å². The summed E-state index contributed by atoms with van der Waals surface area (Å²) in [6.07, 6.45) is 6.55. The Labute approximate surface area is 205 Å². The molecule has 35 heavy (non-hydrogen) atoms. The fourth-order valence-corrected chi connectivity index (χ4v) is 4.73. The number of carbonyl (C=O) groups is 1. The van der Waals surface area contributed by atoms with Crippen molar-refractivity contribution in [1.82, 2.24) is 19.9 Å². The highest BCUT2D eigenvalue weighted by Crippen LogP contribution is 2.35. The van der Waals surface area contributed by atoms with Gasteiger partial charge in [-0.25, -0.2) is 9.97 Å². The predicted octanol–water partition coefficient (Wildman–Crippen LogP) is 5.30. The van der Waals surface area contributed by atoms with Crippen molar-refractivity contribution < 1.29 is 9.53 Å². The van der Waals surface area contributed by atoms with Crippen LogP contribution in [0.15, 0.2) is 91.4 Å². The summed E-state index contributed by atoms with van der Waals surface area (Å²) >= 11 is 0. The van der Waals surface area contributed by atoms with Crippen molar-refractivity contribution in [3.05, 3.63) is 103 Å². The van der Waals surface area contributed by atoms with E-state index in [0.717, 1.165) is 40.8 Å². The molecule has 1 aliphatic rings. The predicted molar refractivity (Wildman–Crippen MR) is 135 cm³/mol. The number of carbonyl (C=O) groups excluding carboxylic acids is 1.